The van der Waals surface area contributed by atoms with E-state index in [4.69, 9.17) is 23.9 Å². The second-order valence-electron chi connectivity index (χ2n) is 7.42. The van der Waals surface area contributed by atoms with Gasteiger partial charge in [-0.05, 0) is 48.4 Å². The van der Waals surface area contributed by atoms with Crippen LogP contribution in [0.25, 0.3) is 11.0 Å². The number of hydrogen-bond acceptors (Lipinski definition) is 5. The Bertz CT molecular complexity index is 1190. The Morgan fingerprint density at radius 1 is 0.781 bits per heavy atom. The summed E-state index contributed by atoms with van der Waals surface area (Å²) in [5.74, 6) is 4.06. The lowest BCUT2D eigenvalue weighted by molar-refractivity contribution is 0.299. The fraction of sp³-hybridized carbons (Fsp3) is 0.269. The molecular formula is C26H28N2O4. The topological polar surface area (TPSA) is 54.7 Å². The molecule has 0 saturated heterocycles. The number of ether oxygens (including phenoxy) is 4. The molecule has 0 aliphatic heterocycles. The molecule has 4 rings (SSSR count). The maximum Gasteiger partial charge on any atom is 0.161 e. The van der Waals surface area contributed by atoms with Crippen molar-refractivity contribution in [3.05, 3.63) is 78.1 Å². The Balaban J connectivity index is 1.50. The quantitative estimate of drug-likeness (QED) is 0.326. The van der Waals surface area contributed by atoms with Crippen LogP contribution >= 0.6 is 0 Å². The number of aromatic nitrogens is 2. The average Bonchev–Trinajstić information content (AvgIpc) is 3.18. The SMILES string of the molecule is COc1cccc(OCCCn2c(Cc3ccc(OC)c(OC)c3)nc3ccccc32)c1. The highest BCUT2D eigenvalue weighted by Gasteiger charge is 2.13. The van der Waals surface area contributed by atoms with Crippen LogP contribution < -0.4 is 18.9 Å². The van der Waals surface area contributed by atoms with Crippen molar-refractivity contribution < 1.29 is 18.9 Å². The lowest BCUT2D eigenvalue weighted by Gasteiger charge is -2.12. The molecule has 1 heterocycles. The van der Waals surface area contributed by atoms with Gasteiger partial charge in [0.05, 0.1) is 39.0 Å². The average molecular weight is 433 g/mol. The number of aryl methyl sites for hydroxylation is 1. The molecule has 0 aliphatic carbocycles. The van der Waals surface area contributed by atoms with E-state index < -0.39 is 0 Å². The number of rotatable bonds is 10. The van der Waals surface area contributed by atoms with Gasteiger partial charge in [-0.2, -0.15) is 0 Å². The van der Waals surface area contributed by atoms with E-state index in [1.54, 1.807) is 21.3 Å². The maximum absolute atomic E-state index is 5.93. The summed E-state index contributed by atoms with van der Waals surface area (Å²) in [5.41, 5.74) is 3.24. The number of nitrogens with zero attached hydrogens (tertiary/aromatic N) is 2. The molecule has 0 fully saturated rings. The zero-order valence-corrected chi connectivity index (χ0v) is 18.7. The van der Waals surface area contributed by atoms with Gasteiger partial charge in [0.1, 0.15) is 17.3 Å². The molecule has 0 N–H and O–H groups in total. The first-order valence-electron chi connectivity index (χ1n) is 10.6. The molecule has 32 heavy (non-hydrogen) atoms. The summed E-state index contributed by atoms with van der Waals surface area (Å²) in [5, 5.41) is 0. The number of para-hydroxylation sites is 2. The van der Waals surface area contributed by atoms with Crippen LogP contribution in [-0.4, -0.2) is 37.5 Å². The smallest absolute Gasteiger partial charge is 0.161 e. The fourth-order valence-corrected chi connectivity index (χ4v) is 3.79. The largest absolute Gasteiger partial charge is 0.497 e. The van der Waals surface area contributed by atoms with Gasteiger partial charge < -0.3 is 23.5 Å². The third-order valence-electron chi connectivity index (χ3n) is 5.38. The maximum atomic E-state index is 5.93. The molecule has 6 nitrogen and oxygen atoms in total. The van der Waals surface area contributed by atoms with Crippen LogP contribution in [0, 0.1) is 0 Å². The van der Waals surface area contributed by atoms with Gasteiger partial charge in [-0.3, -0.25) is 0 Å². The van der Waals surface area contributed by atoms with E-state index >= 15 is 0 Å². The molecule has 1 aromatic heterocycles. The lowest BCUT2D eigenvalue weighted by atomic mass is 10.1. The molecule has 3 aromatic carbocycles. The van der Waals surface area contributed by atoms with Gasteiger partial charge in [0.2, 0.25) is 0 Å². The Morgan fingerprint density at radius 2 is 1.59 bits per heavy atom. The highest BCUT2D eigenvalue weighted by molar-refractivity contribution is 5.76. The molecule has 0 spiro atoms. The molecule has 166 valence electrons. The van der Waals surface area contributed by atoms with Crippen molar-refractivity contribution in [1.29, 1.82) is 0 Å². The fourth-order valence-electron chi connectivity index (χ4n) is 3.79. The van der Waals surface area contributed by atoms with Crippen LogP contribution in [0.2, 0.25) is 0 Å². The predicted molar refractivity (Wildman–Crippen MR) is 125 cm³/mol. The van der Waals surface area contributed by atoms with Crippen molar-refractivity contribution in [1.82, 2.24) is 9.55 Å². The van der Waals surface area contributed by atoms with E-state index in [1.807, 2.05) is 48.5 Å². The summed E-state index contributed by atoms with van der Waals surface area (Å²) in [6, 6.07) is 21.9. The van der Waals surface area contributed by atoms with Crippen LogP contribution in [-0.2, 0) is 13.0 Å². The summed E-state index contributed by atoms with van der Waals surface area (Å²) < 4.78 is 24.3. The molecule has 0 unspecified atom stereocenters. The standard InChI is InChI=1S/C26H28N2O4/c1-29-20-8-6-9-21(18-20)32-15-7-14-28-23-11-5-4-10-22(23)27-26(28)17-19-12-13-24(30-2)25(16-19)31-3/h4-6,8-13,16,18H,7,14-15,17H2,1-3H3. The van der Waals surface area contributed by atoms with Crippen LogP contribution in [0.15, 0.2) is 66.7 Å². The molecule has 0 aliphatic rings. The Kier molecular flexibility index (Phi) is 6.80. The highest BCUT2D eigenvalue weighted by atomic mass is 16.5. The summed E-state index contributed by atoms with van der Waals surface area (Å²) in [6.07, 6.45) is 1.56. The first-order valence-corrected chi connectivity index (χ1v) is 10.6. The minimum Gasteiger partial charge on any atom is -0.497 e. The van der Waals surface area contributed by atoms with Crippen LogP contribution in [0.3, 0.4) is 0 Å². The molecule has 6 heteroatoms. The Labute approximate surface area is 188 Å². The van der Waals surface area contributed by atoms with E-state index in [2.05, 4.69) is 22.8 Å². The number of fused-ring (bicyclic) bond motifs is 1. The van der Waals surface area contributed by atoms with Crippen molar-refractivity contribution >= 4 is 11.0 Å². The minimum atomic E-state index is 0.607. The number of methoxy groups -OCH3 is 3. The van der Waals surface area contributed by atoms with Crippen molar-refractivity contribution in [3.8, 4) is 23.0 Å². The second-order valence-corrected chi connectivity index (χ2v) is 7.42. The predicted octanol–water partition coefficient (Wildman–Crippen LogP) is 5.12. The Morgan fingerprint density at radius 3 is 2.41 bits per heavy atom. The van der Waals surface area contributed by atoms with Crippen LogP contribution in [0.1, 0.15) is 17.8 Å². The first kappa shape index (κ1) is 21.6. The van der Waals surface area contributed by atoms with Crippen LogP contribution in [0.4, 0.5) is 0 Å². The van der Waals surface area contributed by atoms with Gasteiger partial charge in [-0.25, -0.2) is 4.98 Å². The molecule has 0 amide bonds. The van der Waals surface area contributed by atoms with Gasteiger partial charge in [-0.15, -0.1) is 0 Å². The summed E-state index contributed by atoms with van der Waals surface area (Å²) in [4.78, 5) is 4.90. The molecule has 0 atom stereocenters. The van der Waals surface area contributed by atoms with Crippen molar-refractivity contribution in [2.45, 2.75) is 19.4 Å². The van der Waals surface area contributed by atoms with E-state index in [0.717, 1.165) is 58.4 Å². The minimum absolute atomic E-state index is 0.607. The third kappa shape index (κ3) is 4.80. The molecular weight excluding hydrogens is 404 g/mol. The van der Waals surface area contributed by atoms with Gasteiger partial charge >= 0.3 is 0 Å². The molecule has 0 radical (unpaired) electrons. The summed E-state index contributed by atoms with van der Waals surface area (Å²) in [7, 11) is 4.95. The summed E-state index contributed by atoms with van der Waals surface area (Å²) in [6.45, 7) is 1.42. The van der Waals surface area contributed by atoms with Crippen molar-refractivity contribution in [2.75, 3.05) is 27.9 Å². The van der Waals surface area contributed by atoms with Gasteiger partial charge in [0.25, 0.3) is 0 Å². The van der Waals surface area contributed by atoms with E-state index in [-0.39, 0.29) is 0 Å². The molecule has 0 saturated carbocycles. The molecule has 0 bridgehead atoms. The van der Waals surface area contributed by atoms with Gasteiger partial charge in [0.15, 0.2) is 11.5 Å². The number of benzene rings is 3. The Hall–Kier alpha value is -3.67. The lowest BCUT2D eigenvalue weighted by Crippen LogP contribution is -2.08. The number of imidazole rings is 1. The van der Waals surface area contributed by atoms with E-state index in [0.29, 0.717) is 13.0 Å². The van der Waals surface area contributed by atoms with Crippen molar-refractivity contribution in [2.24, 2.45) is 0 Å². The third-order valence-corrected chi connectivity index (χ3v) is 5.38. The first-order chi connectivity index (χ1) is 15.7. The van der Waals surface area contributed by atoms with E-state index in [9.17, 15) is 0 Å². The molecule has 4 aromatic rings. The second kappa shape index (κ2) is 10.1. The van der Waals surface area contributed by atoms with Crippen LogP contribution in [0.5, 0.6) is 23.0 Å². The van der Waals surface area contributed by atoms with Gasteiger partial charge in [-0.1, -0.05) is 24.3 Å². The van der Waals surface area contributed by atoms with Crippen molar-refractivity contribution in [3.63, 3.8) is 0 Å². The highest BCUT2D eigenvalue weighted by Crippen LogP contribution is 2.29. The monoisotopic (exact) mass is 432 g/mol. The summed E-state index contributed by atoms with van der Waals surface area (Å²) >= 11 is 0. The zero-order chi connectivity index (χ0) is 22.3. The number of hydrogen-bond donors (Lipinski definition) is 0. The van der Waals surface area contributed by atoms with E-state index in [1.165, 1.54) is 0 Å². The van der Waals surface area contributed by atoms with Gasteiger partial charge in [0, 0.05) is 19.0 Å². The zero-order valence-electron chi connectivity index (χ0n) is 18.7. The normalized spacial score (nSPS) is 10.8.